The van der Waals surface area contributed by atoms with Crippen molar-refractivity contribution in [2.45, 2.75) is 44.6 Å². The molecule has 0 spiro atoms. The van der Waals surface area contributed by atoms with E-state index >= 15 is 0 Å². The van der Waals surface area contributed by atoms with Crippen LogP contribution in [0.3, 0.4) is 0 Å². The average molecular weight is 399 g/mol. The molecule has 23 heavy (non-hydrogen) atoms. The Morgan fingerprint density at radius 3 is 1.70 bits per heavy atom. The van der Waals surface area contributed by atoms with Crippen LogP contribution in [0.15, 0.2) is 0 Å². The maximum absolute atomic E-state index is 14.0. The van der Waals surface area contributed by atoms with E-state index in [9.17, 15) is 40.9 Å². The molecular weight excluding hydrogens is 387 g/mol. The third kappa shape index (κ3) is 4.56. The van der Waals surface area contributed by atoms with E-state index in [4.69, 9.17) is 0 Å². The second kappa shape index (κ2) is 7.78. The summed E-state index contributed by atoms with van der Waals surface area (Å²) in [7, 11) is 0. The Hall–Kier alpha value is -0.901. The molecule has 2 unspecified atom stereocenters. The number of halogens is 7. The number of nitrogens with zero attached hydrogens (tertiary/aromatic N) is 1. The van der Waals surface area contributed by atoms with Crippen molar-refractivity contribution in [3.05, 3.63) is 28.6 Å². The summed E-state index contributed by atoms with van der Waals surface area (Å²) in [5.41, 5.74) is -5.69. The molecule has 0 saturated carbocycles. The molecule has 0 fully saturated rings. The minimum absolute atomic E-state index is 0. The molecule has 1 radical (unpaired) electrons. The van der Waals surface area contributed by atoms with Crippen molar-refractivity contribution in [3.63, 3.8) is 0 Å². The van der Waals surface area contributed by atoms with Gasteiger partial charge in [-0.25, -0.2) is 22.5 Å². The Kier molecular flexibility index (Phi) is 7.48. The first-order valence-corrected chi connectivity index (χ1v) is 5.99. The predicted octanol–water partition coefficient (Wildman–Crippen LogP) is 3.16. The van der Waals surface area contributed by atoms with E-state index in [2.05, 4.69) is 4.98 Å². The Balaban J connectivity index is 0.00000484. The van der Waals surface area contributed by atoms with Crippen LogP contribution < -0.4 is 0 Å². The molecule has 3 nitrogen and oxygen atoms in total. The quantitative estimate of drug-likeness (QED) is 0.605. The van der Waals surface area contributed by atoms with E-state index in [0.29, 0.717) is 0 Å². The van der Waals surface area contributed by atoms with Gasteiger partial charge in [0, 0.05) is 28.6 Å². The van der Waals surface area contributed by atoms with Gasteiger partial charge in [-0.2, -0.15) is 13.2 Å². The van der Waals surface area contributed by atoms with Gasteiger partial charge in [0.15, 0.2) is 17.3 Å². The topological polar surface area (TPSA) is 53.4 Å². The smallest absolute Gasteiger partial charge is 0.393 e. The number of rotatable bonds is 4. The van der Waals surface area contributed by atoms with Crippen LogP contribution in [0.1, 0.15) is 43.1 Å². The van der Waals surface area contributed by atoms with Gasteiger partial charge in [-0.1, -0.05) is 0 Å². The van der Waals surface area contributed by atoms with Crippen molar-refractivity contribution in [2.24, 2.45) is 0 Å². The van der Waals surface area contributed by atoms with Crippen LogP contribution in [0, 0.1) is 11.6 Å². The summed E-state index contributed by atoms with van der Waals surface area (Å²) in [6.45, 7) is 1.90. The zero-order chi connectivity index (χ0) is 17.4. The van der Waals surface area contributed by atoms with Gasteiger partial charge >= 0.3 is 6.18 Å². The van der Waals surface area contributed by atoms with Crippen molar-refractivity contribution in [1.82, 2.24) is 4.98 Å². The van der Waals surface area contributed by atoms with Crippen LogP contribution in [0.2, 0.25) is 0 Å². The van der Waals surface area contributed by atoms with Gasteiger partial charge in [0.2, 0.25) is 0 Å². The van der Waals surface area contributed by atoms with Gasteiger partial charge in [-0.15, -0.1) is 0 Å². The molecular formula is C12H12CuF7NO2. The van der Waals surface area contributed by atoms with Crippen molar-refractivity contribution < 1.29 is 58.0 Å². The summed E-state index contributed by atoms with van der Waals surface area (Å²) in [6.07, 6.45) is -12.6. The van der Waals surface area contributed by atoms with E-state index in [1.54, 1.807) is 0 Å². The maximum atomic E-state index is 14.0. The summed E-state index contributed by atoms with van der Waals surface area (Å²) in [4.78, 5) is 2.32. The molecule has 0 aliphatic carbocycles. The number of hydrogen-bond donors (Lipinski definition) is 2. The Morgan fingerprint density at radius 2 is 1.39 bits per heavy atom. The molecule has 1 heterocycles. The molecule has 137 valence electrons. The molecule has 2 N–H and O–H groups in total. The molecule has 1 rings (SSSR count). The van der Waals surface area contributed by atoms with Gasteiger partial charge in [-0.3, -0.25) is 0 Å². The summed E-state index contributed by atoms with van der Waals surface area (Å²) in [5, 5.41) is 18.9. The van der Waals surface area contributed by atoms with E-state index in [-0.39, 0.29) is 17.1 Å². The van der Waals surface area contributed by atoms with E-state index in [1.807, 2.05) is 0 Å². The summed E-state index contributed by atoms with van der Waals surface area (Å²) in [5.74, 6) is -6.13. The van der Waals surface area contributed by atoms with Crippen molar-refractivity contribution in [1.29, 1.82) is 0 Å². The van der Waals surface area contributed by atoms with Gasteiger partial charge in [0.05, 0.1) is 12.2 Å². The van der Waals surface area contributed by atoms with Crippen LogP contribution in [-0.4, -0.2) is 27.4 Å². The van der Waals surface area contributed by atoms with Gasteiger partial charge in [-0.05, 0) is 13.8 Å². The molecule has 0 aliphatic heterocycles. The second-order valence-corrected chi connectivity index (χ2v) is 4.69. The van der Waals surface area contributed by atoms with Crippen LogP contribution >= 0.6 is 0 Å². The summed E-state index contributed by atoms with van der Waals surface area (Å²) in [6, 6.07) is 0. The zero-order valence-corrected chi connectivity index (χ0v) is 12.5. The third-order valence-electron chi connectivity index (χ3n) is 2.99. The maximum Gasteiger partial charge on any atom is 0.436 e. The van der Waals surface area contributed by atoms with Crippen molar-refractivity contribution in [3.8, 4) is 0 Å². The molecule has 0 bridgehead atoms. The minimum atomic E-state index is -5.45. The number of aromatic nitrogens is 1. The Labute approximate surface area is 137 Å². The fourth-order valence-electron chi connectivity index (χ4n) is 2.09. The fourth-order valence-corrected chi connectivity index (χ4v) is 2.09. The number of alkyl halides is 5. The monoisotopic (exact) mass is 398 g/mol. The number of aliphatic hydroxyl groups excluding tert-OH is 2. The third-order valence-corrected chi connectivity index (χ3v) is 2.99. The molecule has 1 aromatic rings. The number of hydrogen-bond acceptors (Lipinski definition) is 3. The molecule has 11 heteroatoms. The molecule has 0 amide bonds. The first-order valence-electron chi connectivity index (χ1n) is 5.99. The van der Waals surface area contributed by atoms with Crippen molar-refractivity contribution >= 4 is 0 Å². The minimum Gasteiger partial charge on any atom is -0.393 e. The molecule has 0 aromatic carbocycles. The number of pyridine rings is 1. The van der Waals surface area contributed by atoms with E-state index in [1.165, 1.54) is 0 Å². The van der Waals surface area contributed by atoms with Gasteiger partial charge in [0.25, 0.3) is 6.43 Å². The summed E-state index contributed by atoms with van der Waals surface area (Å²) < 4.78 is 91.2. The fraction of sp³-hybridized carbons (Fsp3) is 0.583. The van der Waals surface area contributed by atoms with E-state index < -0.39 is 59.3 Å². The molecule has 0 saturated heterocycles. The molecule has 1 aromatic heterocycles. The zero-order valence-electron chi connectivity index (χ0n) is 11.6. The van der Waals surface area contributed by atoms with Crippen LogP contribution in [0.5, 0.6) is 0 Å². The molecule has 2 atom stereocenters. The average Bonchev–Trinajstić information content (AvgIpc) is 2.30. The van der Waals surface area contributed by atoms with Crippen LogP contribution in [-0.2, 0) is 23.2 Å². The second-order valence-electron chi connectivity index (χ2n) is 4.69. The first kappa shape index (κ1) is 22.1. The van der Waals surface area contributed by atoms with Crippen LogP contribution in [0.4, 0.5) is 30.7 Å². The van der Waals surface area contributed by atoms with Crippen LogP contribution in [0.25, 0.3) is 0 Å². The Bertz CT molecular complexity index is 541. The van der Waals surface area contributed by atoms with Gasteiger partial charge < -0.3 is 10.2 Å². The van der Waals surface area contributed by atoms with Gasteiger partial charge in [0.1, 0.15) is 5.69 Å². The summed E-state index contributed by atoms with van der Waals surface area (Å²) >= 11 is 0. The normalized spacial score (nSPS) is 16.0. The number of aliphatic hydroxyl groups is 2. The largest absolute Gasteiger partial charge is 0.436 e. The standard InChI is InChI=1S/C12H12F7NO2.Cu/c1-3(21)5(4(2)22)6-7(13)9(11(15)16)20-10(8(6)14)12(17,18)19;/h3-5,11,21-22H,1-2H3;. The van der Waals surface area contributed by atoms with E-state index in [0.717, 1.165) is 13.8 Å². The van der Waals surface area contributed by atoms with Crippen molar-refractivity contribution in [2.75, 3.05) is 0 Å². The predicted molar refractivity (Wildman–Crippen MR) is 60.2 cm³/mol. The Morgan fingerprint density at radius 1 is 0.957 bits per heavy atom. The SMILES string of the molecule is CC(O)C(c1c(F)c(C(F)F)nc(C(F)(F)F)c1F)C(C)O.[Cu]. The molecule has 0 aliphatic rings. The first-order chi connectivity index (χ1) is 9.89.